The first kappa shape index (κ1) is 17.4. The molecule has 1 N–H and O–H groups in total. The van der Waals surface area contributed by atoms with E-state index in [9.17, 15) is 4.79 Å². The van der Waals surface area contributed by atoms with Crippen LogP contribution in [0.25, 0.3) is 16.4 Å². The lowest BCUT2D eigenvalue weighted by molar-refractivity contribution is 0.0946. The van der Waals surface area contributed by atoms with Crippen molar-refractivity contribution >= 4 is 28.8 Å². The molecule has 0 saturated carbocycles. The molecule has 0 aliphatic carbocycles. The summed E-state index contributed by atoms with van der Waals surface area (Å²) in [4.78, 5) is 25.1. The highest BCUT2D eigenvalue weighted by Crippen LogP contribution is 2.25. The van der Waals surface area contributed by atoms with E-state index in [2.05, 4.69) is 20.3 Å². The lowest BCUT2D eigenvalue weighted by Crippen LogP contribution is -2.23. The summed E-state index contributed by atoms with van der Waals surface area (Å²) < 4.78 is 1.82. The maximum Gasteiger partial charge on any atom is 0.271 e. The second-order valence-corrected chi connectivity index (χ2v) is 7.02. The zero-order chi connectivity index (χ0) is 18.6. The Morgan fingerprint density at radius 1 is 1.19 bits per heavy atom. The lowest BCUT2D eigenvalue weighted by Gasteiger charge is -2.05. The van der Waals surface area contributed by atoms with Crippen LogP contribution in [-0.4, -0.2) is 25.4 Å². The molecule has 0 atom stereocenters. The number of nitrogens with zero attached hydrogens (tertiary/aromatic N) is 4. The highest BCUT2D eigenvalue weighted by atomic mass is 35.5. The molecule has 4 aromatic rings. The van der Waals surface area contributed by atoms with Gasteiger partial charge in [-0.15, -0.1) is 11.3 Å². The topological polar surface area (TPSA) is 72.7 Å². The highest BCUT2D eigenvalue weighted by Gasteiger charge is 2.12. The minimum Gasteiger partial charge on any atom is -0.347 e. The van der Waals surface area contributed by atoms with Crippen molar-refractivity contribution in [2.75, 3.05) is 0 Å². The van der Waals surface area contributed by atoms with Crippen LogP contribution in [0.2, 0.25) is 5.02 Å². The molecule has 27 heavy (non-hydrogen) atoms. The number of carbonyl (C=O) groups excluding carboxylic acids is 1. The summed E-state index contributed by atoms with van der Waals surface area (Å²) in [7, 11) is 0. The van der Waals surface area contributed by atoms with Gasteiger partial charge in [0.25, 0.3) is 5.91 Å². The van der Waals surface area contributed by atoms with Crippen molar-refractivity contribution in [2.24, 2.45) is 0 Å². The quantitative estimate of drug-likeness (QED) is 0.554. The molecule has 0 saturated heterocycles. The Morgan fingerprint density at radius 3 is 2.74 bits per heavy atom. The van der Waals surface area contributed by atoms with Crippen LogP contribution in [0, 0.1) is 0 Å². The molecule has 0 fully saturated rings. The molecule has 4 rings (SSSR count). The normalized spacial score (nSPS) is 10.7. The molecule has 3 aromatic heterocycles. The van der Waals surface area contributed by atoms with Crippen LogP contribution in [0.15, 0.2) is 66.7 Å². The third kappa shape index (κ3) is 4.05. The standard InChI is InChI=1S/C19H14ClN5OS/c20-15-4-2-14(3-5-15)19-24-16(11-27-19)18(26)23-10-13-1-6-17(22-9-13)25-8-7-21-12-25/h1-9,11-12H,10H2,(H,23,26). The van der Waals surface area contributed by atoms with Gasteiger partial charge >= 0.3 is 0 Å². The van der Waals surface area contributed by atoms with E-state index >= 15 is 0 Å². The summed E-state index contributed by atoms with van der Waals surface area (Å²) in [5.74, 6) is 0.555. The molecular formula is C19H14ClN5OS. The average molecular weight is 396 g/mol. The van der Waals surface area contributed by atoms with E-state index in [-0.39, 0.29) is 5.91 Å². The van der Waals surface area contributed by atoms with E-state index in [1.807, 2.05) is 35.0 Å². The number of imidazole rings is 1. The fourth-order valence-corrected chi connectivity index (χ4v) is 3.38. The average Bonchev–Trinajstić information content (AvgIpc) is 3.39. The third-order valence-electron chi connectivity index (χ3n) is 3.86. The van der Waals surface area contributed by atoms with Gasteiger partial charge in [-0.25, -0.2) is 15.0 Å². The van der Waals surface area contributed by atoms with Crippen molar-refractivity contribution in [3.05, 3.63) is 83.0 Å². The van der Waals surface area contributed by atoms with Gasteiger partial charge in [-0.1, -0.05) is 29.8 Å². The van der Waals surface area contributed by atoms with Gasteiger partial charge < -0.3 is 5.32 Å². The fraction of sp³-hybridized carbons (Fsp3) is 0.0526. The van der Waals surface area contributed by atoms with Crippen LogP contribution in [-0.2, 0) is 6.54 Å². The summed E-state index contributed by atoms with van der Waals surface area (Å²) in [6, 6.07) is 11.2. The fourth-order valence-electron chi connectivity index (χ4n) is 2.44. The van der Waals surface area contributed by atoms with Gasteiger partial charge in [0.15, 0.2) is 0 Å². The SMILES string of the molecule is O=C(NCc1ccc(-n2ccnc2)nc1)c1csc(-c2ccc(Cl)cc2)n1. The van der Waals surface area contributed by atoms with Crippen LogP contribution in [0.5, 0.6) is 0 Å². The molecule has 134 valence electrons. The zero-order valence-electron chi connectivity index (χ0n) is 14.0. The summed E-state index contributed by atoms with van der Waals surface area (Å²) in [6.07, 6.45) is 6.94. The monoisotopic (exact) mass is 395 g/mol. The third-order valence-corrected chi connectivity index (χ3v) is 5.00. The number of carbonyl (C=O) groups is 1. The van der Waals surface area contributed by atoms with E-state index in [0.717, 1.165) is 22.0 Å². The van der Waals surface area contributed by atoms with Crippen LogP contribution >= 0.6 is 22.9 Å². The van der Waals surface area contributed by atoms with Crippen molar-refractivity contribution in [1.29, 1.82) is 0 Å². The molecule has 0 aliphatic heterocycles. The number of pyridine rings is 1. The van der Waals surface area contributed by atoms with Crippen LogP contribution in [0.1, 0.15) is 16.1 Å². The Morgan fingerprint density at radius 2 is 2.04 bits per heavy atom. The first-order chi connectivity index (χ1) is 13.2. The minimum absolute atomic E-state index is 0.217. The van der Waals surface area contributed by atoms with E-state index in [4.69, 9.17) is 11.6 Å². The van der Waals surface area contributed by atoms with E-state index < -0.39 is 0 Å². The number of hydrogen-bond acceptors (Lipinski definition) is 5. The molecular weight excluding hydrogens is 382 g/mol. The molecule has 0 bridgehead atoms. The Kier molecular flexibility index (Phi) is 4.95. The van der Waals surface area contributed by atoms with Gasteiger partial charge in [0.05, 0.1) is 0 Å². The van der Waals surface area contributed by atoms with Crippen LogP contribution in [0.4, 0.5) is 0 Å². The van der Waals surface area contributed by atoms with Crippen molar-refractivity contribution in [1.82, 2.24) is 24.8 Å². The minimum atomic E-state index is -0.217. The van der Waals surface area contributed by atoms with E-state index in [1.165, 1.54) is 11.3 Å². The number of amides is 1. The Hall–Kier alpha value is -3.03. The molecule has 0 radical (unpaired) electrons. The number of aromatic nitrogens is 4. The summed E-state index contributed by atoms with van der Waals surface area (Å²) in [5, 5.41) is 6.07. The Bertz CT molecular complexity index is 1040. The maximum absolute atomic E-state index is 12.3. The smallest absolute Gasteiger partial charge is 0.271 e. The molecule has 6 nitrogen and oxygen atoms in total. The molecule has 1 aromatic carbocycles. The van der Waals surface area contributed by atoms with Gasteiger partial charge in [-0.05, 0) is 23.8 Å². The van der Waals surface area contributed by atoms with Crippen molar-refractivity contribution in [3.63, 3.8) is 0 Å². The largest absolute Gasteiger partial charge is 0.347 e. The van der Waals surface area contributed by atoms with Crippen molar-refractivity contribution < 1.29 is 4.79 Å². The van der Waals surface area contributed by atoms with Gasteiger partial charge in [0.1, 0.15) is 22.8 Å². The van der Waals surface area contributed by atoms with E-state index in [1.54, 1.807) is 36.2 Å². The number of rotatable bonds is 5. The van der Waals surface area contributed by atoms with Crippen LogP contribution < -0.4 is 5.32 Å². The van der Waals surface area contributed by atoms with Gasteiger partial charge in [-0.3, -0.25) is 9.36 Å². The number of benzene rings is 1. The van der Waals surface area contributed by atoms with Gasteiger partial charge in [0, 0.05) is 41.1 Å². The van der Waals surface area contributed by atoms with E-state index in [0.29, 0.717) is 17.3 Å². The summed E-state index contributed by atoms with van der Waals surface area (Å²) >= 11 is 7.33. The predicted molar refractivity (Wildman–Crippen MR) is 105 cm³/mol. The second kappa shape index (κ2) is 7.69. The number of thiazole rings is 1. The number of halogens is 1. The Labute approximate surface area is 164 Å². The summed E-state index contributed by atoms with van der Waals surface area (Å²) in [6.45, 7) is 0.379. The molecule has 1 amide bonds. The highest BCUT2D eigenvalue weighted by molar-refractivity contribution is 7.13. The summed E-state index contributed by atoms with van der Waals surface area (Å²) in [5.41, 5.74) is 2.23. The first-order valence-electron chi connectivity index (χ1n) is 8.12. The second-order valence-electron chi connectivity index (χ2n) is 5.72. The number of nitrogens with one attached hydrogen (secondary N) is 1. The molecule has 3 heterocycles. The molecule has 8 heteroatoms. The van der Waals surface area contributed by atoms with Gasteiger partial charge in [0.2, 0.25) is 0 Å². The molecule has 0 unspecified atom stereocenters. The molecule has 0 spiro atoms. The van der Waals surface area contributed by atoms with Crippen LogP contribution in [0.3, 0.4) is 0 Å². The maximum atomic E-state index is 12.3. The number of hydrogen-bond donors (Lipinski definition) is 1. The Balaban J connectivity index is 1.39. The lowest BCUT2D eigenvalue weighted by atomic mass is 10.2. The van der Waals surface area contributed by atoms with Crippen molar-refractivity contribution in [2.45, 2.75) is 6.54 Å². The van der Waals surface area contributed by atoms with Crippen molar-refractivity contribution in [3.8, 4) is 16.4 Å². The predicted octanol–water partition coefficient (Wildman–Crippen LogP) is 3.97. The zero-order valence-corrected chi connectivity index (χ0v) is 15.6. The first-order valence-corrected chi connectivity index (χ1v) is 9.38. The van der Waals surface area contributed by atoms with Gasteiger partial charge in [-0.2, -0.15) is 0 Å². The molecule has 0 aliphatic rings.